The first-order valence-corrected chi connectivity index (χ1v) is 19.2. The summed E-state index contributed by atoms with van der Waals surface area (Å²) in [4.78, 5) is 4.71. The van der Waals surface area contributed by atoms with Crippen LogP contribution in [0.25, 0.3) is 10.9 Å². The molecule has 0 saturated carbocycles. The van der Waals surface area contributed by atoms with Gasteiger partial charge in [0.1, 0.15) is 11.3 Å². The molecule has 0 radical (unpaired) electrons. The second kappa shape index (κ2) is 16.1. The lowest BCUT2D eigenvalue weighted by Crippen LogP contribution is -2.47. The minimum atomic E-state index is -5.40. The molecule has 1 aromatic heterocycles. The van der Waals surface area contributed by atoms with Crippen LogP contribution in [0.5, 0.6) is 5.75 Å². The van der Waals surface area contributed by atoms with Crippen LogP contribution >= 0.6 is 23.2 Å². The fraction of sp³-hybridized carbons (Fsp3) is 0.447. The Bertz CT molecular complexity index is 1890. The van der Waals surface area contributed by atoms with Gasteiger partial charge in [0.05, 0.1) is 26.4 Å². The number of benzene rings is 3. The Balaban J connectivity index is 1.53. The van der Waals surface area contributed by atoms with Crippen LogP contribution in [-0.2, 0) is 14.8 Å². The van der Waals surface area contributed by atoms with Gasteiger partial charge in [-0.3, -0.25) is 4.98 Å². The number of ether oxygens (including phenoxy) is 2. The number of aromatic nitrogens is 1. The molecule has 1 aliphatic rings. The number of sulfonamides is 1. The van der Waals surface area contributed by atoms with Crippen LogP contribution in [0.1, 0.15) is 63.1 Å². The molecule has 282 valence electrons. The van der Waals surface area contributed by atoms with Crippen molar-refractivity contribution in [1.29, 1.82) is 0 Å². The highest BCUT2D eigenvalue weighted by Gasteiger charge is 2.50. The van der Waals surface area contributed by atoms with Gasteiger partial charge >= 0.3 is 15.5 Å². The summed E-state index contributed by atoms with van der Waals surface area (Å²) in [7, 11) is -5.40. The maximum Gasteiger partial charge on any atom is 0.511 e. The highest BCUT2D eigenvalue weighted by atomic mass is 35.5. The van der Waals surface area contributed by atoms with E-state index in [1.54, 1.807) is 12.3 Å². The predicted octanol–water partition coefficient (Wildman–Crippen LogP) is 8.89. The van der Waals surface area contributed by atoms with Gasteiger partial charge in [-0.2, -0.15) is 17.5 Å². The van der Waals surface area contributed by atoms with Gasteiger partial charge in [0, 0.05) is 63.2 Å². The number of halogens is 5. The highest BCUT2D eigenvalue weighted by Crippen LogP contribution is 2.40. The average molecular weight is 783 g/mol. The Morgan fingerprint density at radius 3 is 1.96 bits per heavy atom. The van der Waals surface area contributed by atoms with Crippen LogP contribution in [0.2, 0.25) is 10.0 Å². The zero-order chi connectivity index (χ0) is 37.9. The standard InChI is InChI=1S/C38H44Cl2F3N3O5S/c1-36(2,21-47)22-50-23-37(3,4)24-51-33-20-27(34(25-5-9-28(39)10-6-25)26-7-11-29(40)12-8-26)19-31-32(13-16-44-35(31)33)45-30-14-17-46(18-15-30)52(48,49)38(41,42)43/h5-13,16,19-20,30,34,47H,14-15,17-18,21-24H2,1-4H3,(H,44,45). The minimum Gasteiger partial charge on any atom is -0.491 e. The SMILES string of the molecule is CC(C)(CO)COCC(C)(C)COc1cc(C(c2ccc(Cl)cc2)c2ccc(Cl)cc2)cc2c(NC3CCN(S(=O)(=O)C(F)(F)F)CC3)ccnc12. The Kier molecular flexibility index (Phi) is 12.4. The predicted molar refractivity (Wildman–Crippen MR) is 200 cm³/mol. The Morgan fingerprint density at radius 1 is 0.865 bits per heavy atom. The number of hydrogen-bond donors (Lipinski definition) is 2. The summed E-state index contributed by atoms with van der Waals surface area (Å²) in [5.74, 6) is 0.251. The lowest BCUT2D eigenvalue weighted by atomic mass is 9.84. The van der Waals surface area contributed by atoms with Gasteiger partial charge < -0.3 is 19.9 Å². The van der Waals surface area contributed by atoms with E-state index in [1.807, 2.05) is 88.4 Å². The van der Waals surface area contributed by atoms with E-state index in [1.165, 1.54) is 0 Å². The van der Waals surface area contributed by atoms with Gasteiger partial charge in [0.2, 0.25) is 0 Å². The topological polar surface area (TPSA) is 101 Å². The van der Waals surface area contributed by atoms with Crippen molar-refractivity contribution < 1.29 is 36.2 Å². The van der Waals surface area contributed by atoms with E-state index in [-0.39, 0.29) is 56.5 Å². The lowest BCUT2D eigenvalue weighted by Gasteiger charge is -2.32. The van der Waals surface area contributed by atoms with Gasteiger partial charge in [-0.15, -0.1) is 0 Å². The van der Waals surface area contributed by atoms with E-state index < -0.39 is 20.9 Å². The number of fused-ring (bicyclic) bond motifs is 1. The number of alkyl halides is 3. The van der Waals surface area contributed by atoms with Crippen LogP contribution < -0.4 is 10.1 Å². The van der Waals surface area contributed by atoms with Crippen molar-refractivity contribution >= 4 is 49.8 Å². The van der Waals surface area contributed by atoms with Crippen LogP contribution in [-0.4, -0.2) is 73.9 Å². The molecule has 0 bridgehead atoms. The van der Waals surface area contributed by atoms with Crippen molar-refractivity contribution in [1.82, 2.24) is 9.29 Å². The zero-order valence-electron chi connectivity index (χ0n) is 29.5. The van der Waals surface area contributed by atoms with Gasteiger partial charge in [0.15, 0.2) is 0 Å². The normalized spacial score (nSPS) is 15.4. The number of anilines is 1. The van der Waals surface area contributed by atoms with Gasteiger partial charge in [-0.05, 0) is 72.0 Å². The van der Waals surface area contributed by atoms with E-state index in [2.05, 4.69) is 5.32 Å². The molecule has 52 heavy (non-hydrogen) atoms. The van der Waals surface area contributed by atoms with Gasteiger partial charge in [-0.25, -0.2) is 8.42 Å². The fourth-order valence-corrected chi connectivity index (χ4v) is 7.34. The summed E-state index contributed by atoms with van der Waals surface area (Å²) >= 11 is 12.6. The molecule has 1 fully saturated rings. The molecule has 0 spiro atoms. The molecule has 0 atom stereocenters. The lowest BCUT2D eigenvalue weighted by molar-refractivity contribution is -0.0494. The number of aliphatic hydroxyl groups is 1. The molecule has 14 heteroatoms. The molecule has 0 aliphatic carbocycles. The molecule has 2 heterocycles. The third-order valence-electron chi connectivity index (χ3n) is 9.05. The second-order valence-electron chi connectivity index (χ2n) is 14.8. The molecular formula is C38H44Cl2F3N3O5S. The molecule has 1 aliphatic heterocycles. The third kappa shape index (κ3) is 9.69. The first kappa shape index (κ1) is 40.1. The molecule has 1 saturated heterocycles. The van der Waals surface area contributed by atoms with Crippen LogP contribution in [0.4, 0.5) is 18.9 Å². The largest absolute Gasteiger partial charge is 0.511 e. The molecular weight excluding hydrogens is 738 g/mol. The molecule has 4 aromatic rings. The summed E-state index contributed by atoms with van der Waals surface area (Å²) in [5.41, 5.74) is -2.06. The number of hydrogen-bond acceptors (Lipinski definition) is 7. The van der Waals surface area contributed by atoms with Gasteiger partial charge in [-0.1, -0.05) is 75.2 Å². The Labute approximate surface area is 313 Å². The summed E-state index contributed by atoms with van der Waals surface area (Å²) in [6.45, 7) is 8.44. The first-order valence-electron chi connectivity index (χ1n) is 17.0. The maximum absolute atomic E-state index is 13.2. The highest BCUT2D eigenvalue weighted by molar-refractivity contribution is 7.90. The number of nitrogens with zero attached hydrogens (tertiary/aromatic N) is 2. The third-order valence-corrected chi connectivity index (χ3v) is 11.2. The molecule has 0 unspecified atom stereocenters. The minimum absolute atomic E-state index is 0.00107. The average Bonchev–Trinajstić information content (AvgIpc) is 3.09. The van der Waals surface area contributed by atoms with Gasteiger partial charge in [0.25, 0.3) is 0 Å². The second-order valence-corrected chi connectivity index (χ2v) is 17.6. The molecule has 8 nitrogen and oxygen atoms in total. The van der Waals surface area contributed by atoms with Crippen molar-refractivity contribution in [3.8, 4) is 5.75 Å². The first-order chi connectivity index (χ1) is 24.4. The van der Waals surface area contributed by atoms with Crippen molar-refractivity contribution in [2.24, 2.45) is 10.8 Å². The monoisotopic (exact) mass is 781 g/mol. The number of nitrogens with one attached hydrogen (secondary N) is 1. The Hall–Kier alpha value is -3.13. The summed E-state index contributed by atoms with van der Waals surface area (Å²) < 4.78 is 76.8. The van der Waals surface area contributed by atoms with Crippen molar-refractivity contribution in [3.05, 3.63) is 99.7 Å². The number of rotatable bonds is 14. The van der Waals surface area contributed by atoms with E-state index in [4.69, 9.17) is 37.7 Å². The van der Waals surface area contributed by atoms with E-state index >= 15 is 0 Å². The fourth-order valence-electron chi connectivity index (χ4n) is 6.10. The van der Waals surface area contributed by atoms with Crippen LogP contribution in [0, 0.1) is 10.8 Å². The molecule has 2 N–H and O–H groups in total. The molecule has 5 rings (SSSR count). The summed E-state index contributed by atoms with van der Waals surface area (Å²) in [6, 6.07) is 20.7. The molecule has 3 aromatic carbocycles. The molecule has 0 amide bonds. The summed E-state index contributed by atoms with van der Waals surface area (Å²) in [5, 5.41) is 15.0. The summed E-state index contributed by atoms with van der Waals surface area (Å²) in [6.07, 6.45) is 2.00. The van der Waals surface area contributed by atoms with Crippen molar-refractivity contribution in [2.75, 3.05) is 44.8 Å². The smallest absolute Gasteiger partial charge is 0.491 e. The Morgan fingerprint density at radius 2 is 1.42 bits per heavy atom. The van der Waals surface area contributed by atoms with Crippen LogP contribution in [0.3, 0.4) is 0 Å². The maximum atomic E-state index is 13.2. The van der Waals surface area contributed by atoms with E-state index in [0.29, 0.717) is 44.5 Å². The van der Waals surface area contributed by atoms with Crippen molar-refractivity contribution in [3.63, 3.8) is 0 Å². The van der Waals surface area contributed by atoms with E-state index in [9.17, 15) is 26.7 Å². The number of piperidine rings is 1. The van der Waals surface area contributed by atoms with Crippen LogP contribution in [0.15, 0.2) is 72.9 Å². The van der Waals surface area contributed by atoms with Crippen molar-refractivity contribution in [2.45, 2.75) is 58.0 Å². The van der Waals surface area contributed by atoms with E-state index in [0.717, 1.165) is 22.1 Å². The number of pyridine rings is 1. The number of aliphatic hydroxyl groups excluding tert-OH is 1. The quantitative estimate of drug-likeness (QED) is 0.123. The zero-order valence-corrected chi connectivity index (χ0v) is 31.8.